The van der Waals surface area contributed by atoms with Gasteiger partial charge in [-0.3, -0.25) is 0 Å². The average Bonchev–Trinajstić information content (AvgIpc) is 3.19. The maximum Gasteiger partial charge on any atom is 0.166 e. The fraction of sp³-hybridized carbons (Fsp3) is 0.0667. The zero-order valence-corrected chi connectivity index (χ0v) is 12.0. The summed E-state index contributed by atoms with van der Waals surface area (Å²) in [7, 11) is 0. The molecule has 0 radical (unpaired) electrons. The quantitative estimate of drug-likeness (QED) is 0.593. The van der Waals surface area contributed by atoms with Crippen molar-refractivity contribution in [1.82, 2.24) is 24.6 Å². The van der Waals surface area contributed by atoms with Crippen molar-refractivity contribution < 1.29 is 4.42 Å². The Morgan fingerprint density at radius 3 is 3.04 bits per heavy atom. The van der Waals surface area contributed by atoms with Crippen LogP contribution in [0.4, 0.5) is 11.6 Å². The van der Waals surface area contributed by atoms with E-state index < -0.39 is 0 Å². The van der Waals surface area contributed by atoms with Gasteiger partial charge >= 0.3 is 0 Å². The van der Waals surface area contributed by atoms with Crippen LogP contribution in [-0.2, 0) is 6.54 Å². The highest BCUT2D eigenvalue weighted by Crippen LogP contribution is 2.28. The minimum Gasteiger partial charge on any atom is -0.467 e. The summed E-state index contributed by atoms with van der Waals surface area (Å²) in [4.78, 5) is 12.8. The lowest BCUT2D eigenvalue weighted by atomic mass is 10.2. The van der Waals surface area contributed by atoms with Crippen LogP contribution in [0.15, 0.2) is 53.7 Å². The predicted octanol–water partition coefficient (Wildman–Crippen LogP) is 1.97. The van der Waals surface area contributed by atoms with Crippen LogP contribution in [0.1, 0.15) is 5.76 Å². The first-order valence-corrected chi connectivity index (χ1v) is 6.99. The van der Waals surface area contributed by atoms with Gasteiger partial charge in [-0.15, -0.1) is 5.10 Å². The minimum absolute atomic E-state index is 0.374. The van der Waals surface area contributed by atoms with Gasteiger partial charge in [-0.1, -0.05) is 0 Å². The summed E-state index contributed by atoms with van der Waals surface area (Å²) < 4.78 is 6.91. The fourth-order valence-corrected chi connectivity index (χ4v) is 2.33. The number of nitrogen functional groups attached to an aromatic ring is 1. The summed E-state index contributed by atoms with van der Waals surface area (Å²) in [5, 5.41) is 7.43. The summed E-state index contributed by atoms with van der Waals surface area (Å²) in [6.07, 6.45) is 6.59. The average molecular weight is 307 g/mol. The van der Waals surface area contributed by atoms with E-state index in [4.69, 9.17) is 10.2 Å². The van der Waals surface area contributed by atoms with Crippen LogP contribution in [0.5, 0.6) is 0 Å². The van der Waals surface area contributed by atoms with Crippen molar-refractivity contribution in [1.29, 1.82) is 0 Å². The Kier molecular flexibility index (Phi) is 3.12. The summed E-state index contributed by atoms with van der Waals surface area (Å²) in [6.45, 7) is 0.534. The smallest absolute Gasteiger partial charge is 0.166 e. The largest absolute Gasteiger partial charge is 0.467 e. The van der Waals surface area contributed by atoms with Crippen molar-refractivity contribution in [3.8, 4) is 11.3 Å². The molecule has 8 nitrogen and oxygen atoms in total. The molecular formula is C15H13N7O. The van der Waals surface area contributed by atoms with E-state index >= 15 is 0 Å². The molecule has 23 heavy (non-hydrogen) atoms. The molecule has 0 aromatic carbocycles. The van der Waals surface area contributed by atoms with Crippen LogP contribution in [0.25, 0.3) is 16.9 Å². The number of fused-ring (bicyclic) bond motifs is 1. The molecule has 3 N–H and O–H groups in total. The van der Waals surface area contributed by atoms with Gasteiger partial charge in [0.25, 0.3) is 0 Å². The molecule has 0 unspecified atom stereocenters. The Morgan fingerprint density at radius 2 is 2.17 bits per heavy atom. The van der Waals surface area contributed by atoms with Gasteiger partial charge in [0.2, 0.25) is 0 Å². The highest BCUT2D eigenvalue weighted by molar-refractivity contribution is 5.84. The lowest BCUT2D eigenvalue weighted by Gasteiger charge is -2.05. The third-order valence-corrected chi connectivity index (χ3v) is 3.37. The van der Waals surface area contributed by atoms with E-state index in [-0.39, 0.29) is 0 Å². The van der Waals surface area contributed by atoms with Gasteiger partial charge < -0.3 is 15.5 Å². The van der Waals surface area contributed by atoms with Crippen molar-refractivity contribution >= 4 is 17.3 Å². The van der Waals surface area contributed by atoms with E-state index in [9.17, 15) is 0 Å². The van der Waals surface area contributed by atoms with Crippen molar-refractivity contribution in [3.63, 3.8) is 0 Å². The van der Waals surface area contributed by atoms with Gasteiger partial charge in [0.15, 0.2) is 11.5 Å². The van der Waals surface area contributed by atoms with Crippen molar-refractivity contribution in [3.05, 3.63) is 55.0 Å². The SMILES string of the molecule is Nc1nn2cccnc2c1-c1cc(NCc2ccco2)ncn1. The first kappa shape index (κ1) is 13.3. The summed E-state index contributed by atoms with van der Waals surface area (Å²) >= 11 is 0. The second-order valence-electron chi connectivity index (χ2n) is 4.87. The summed E-state index contributed by atoms with van der Waals surface area (Å²) in [5.74, 6) is 1.86. The van der Waals surface area contributed by atoms with E-state index in [1.165, 1.54) is 6.33 Å². The lowest BCUT2D eigenvalue weighted by molar-refractivity contribution is 0.518. The van der Waals surface area contributed by atoms with Gasteiger partial charge in [-0.2, -0.15) is 0 Å². The zero-order chi connectivity index (χ0) is 15.6. The number of anilines is 2. The van der Waals surface area contributed by atoms with E-state index in [1.54, 1.807) is 29.2 Å². The van der Waals surface area contributed by atoms with Gasteiger partial charge in [-0.05, 0) is 18.2 Å². The van der Waals surface area contributed by atoms with Crippen LogP contribution in [0, 0.1) is 0 Å². The molecule has 4 rings (SSSR count). The van der Waals surface area contributed by atoms with Crippen LogP contribution in [-0.4, -0.2) is 24.6 Å². The Balaban J connectivity index is 1.68. The normalized spacial score (nSPS) is 11.0. The third kappa shape index (κ3) is 2.46. The van der Waals surface area contributed by atoms with E-state index in [2.05, 4.69) is 25.4 Å². The standard InChI is InChI=1S/C15H13N7O/c16-14-13(15-17-4-2-5-22(15)21-14)11-7-12(20-9-19-11)18-8-10-3-1-6-23-10/h1-7,9H,8H2,(H2,16,21)(H,18,19,20). The molecule has 0 aliphatic heterocycles. The highest BCUT2D eigenvalue weighted by Gasteiger charge is 2.15. The molecule has 0 fully saturated rings. The number of aromatic nitrogens is 5. The van der Waals surface area contributed by atoms with Crippen molar-refractivity contribution in [2.75, 3.05) is 11.1 Å². The molecule has 8 heteroatoms. The molecule has 0 bridgehead atoms. The molecule has 0 aliphatic carbocycles. The van der Waals surface area contributed by atoms with E-state index in [0.29, 0.717) is 35.1 Å². The minimum atomic E-state index is 0.374. The van der Waals surface area contributed by atoms with Gasteiger partial charge in [0, 0.05) is 18.5 Å². The first-order chi connectivity index (χ1) is 11.3. The van der Waals surface area contributed by atoms with Gasteiger partial charge in [0.05, 0.1) is 24.1 Å². The molecule has 0 saturated carbocycles. The van der Waals surface area contributed by atoms with Crippen molar-refractivity contribution in [2.24, 2.45) is 0 Å². The Morgan fingerprint density at radius 1 is 1.22 bits per heavy atom. The maximum absolute atomic E-state index is 6.02. The first-order valence-electron chi connectivity index (χ1n) is 6.99. The number of nitrogens with two attached hydrogens (primary N) is 1. The Bertz CT molecular complexity index is 946. The molecule has 0 amide bonds. The molecule has 0 spiro atoms. The predicted molar refractivity (Wildman–Crippen MR) is 84.5 cm³/mol. The van der Waals surface area contributed by atoms with Crippen molar-refractivity contribution in [2.45, 2.75) is 6.54 Å². The van der Waals surface area contributed by atoms with Gasteiger partial charge in [-0.25, -0.2) is 19.5 Å². The maximum atomic E-state index is 6.02. The zero-order valence-electron chi connectivity index (χ0n) is 12.0. The summed E-state index contributed by atoms with van der Waals surface area (Å²) in [5.41, 5.74) is 8.02. The number of hydrogen-bond donors (Lipinski definition) is 2. The number of nitrogens with one attached hydrogen (secondary N) is 1. The molecule has 0 aliphatic rings. The van der Waals surface area contributed by atoms with Crippen LogP contribution >= 0.6 is 0 Å². The molecular weight excluding hydrogens is 294 g/mol. The van der Waals surface area contributed by atoms with E-state index in [0.717, 1.165) is 5.76 Å². The second kappa shape index (κ2) is 5.41. The number of nitrogens with zero attached hydrogens (tertiary/aromatic N) is 5. The molecule has 0 atom stereocenters. The molecule has 114 valence electrons. The highest BCUT2D eigenvalue weighted by atomic mass is 16.3. The Hall–Kier alpha value is -3.42. The third-order valence-electron chi connectivity index (χ3n) is 3.37. The van der Waals surface area contributed by atoms with Crippen LogP contribution < -0.4 is 11.1 Å². The molecule has 4 aromatic rings. The molecule has 0 saturated heterocycles. The fourth-order valence-electron chi connectivity index (χ4n) is 2.33. The number of hydrogen-bond acceptors (Lipinski definition) is 7. The topological polar surface area (TPSA) is 107 Å². The van der Waals surface area contributed by atoms with Gasteiger partial charge in [0.1, 0.15) is 17.9 Å². The van der Waals surface area contributed by atoms with Crippen LogP contribution in [0.3, 0.4) is 0 Å². The number of rotatable bonds is 4. The molecule has 4 aromatic heterocycles. The Labute approximate surface area is 131 Å². The molecule has 4 heterocycles. The second-order valence-corrected chi connectivity index (χ2v) is 4.87. The lowest BCUT2D eigenvalue weighted by Crippen LogP contribution is -2.01. The summed E-state index contributed by atoms with van der Waals surface area (Å²) in [6, 6.07) is 7.33. The van der Waals surface area contributed by atoms with Crippen LogP contribution in [0.2, 0.25) is 0 Å². The van der Waals surface area contributed by atoms with E-state index in [1.807, 2.05) is 18.2 Å². The monoisotopic (exact) mass is 307 g/mol. The number of furan rings is 1.